The van der Waals surface area contributed by atoms with Gasteiger partial charge in [-0.25, -0.2) is 4.99 Å². The zero-order chi connectivity index (χ0) is 18.2. The minimum atomic E-state index is 0.196. The number of aromatic nitrogens is 3. The Labute approximate surface area is 154 Å². The summed E-state index contributed by atoms with van der Waals surface area (Å²) in [6.07, 6.45) is 6.74. The van der Waals surface area contributed by atoms with Crippen LogP contribution in [0.2, 0.25) is 0 Å². The number of nitrogens with zero attached hydrogens (tertiary/aromatic N) is 4. The molecule has 0 radical (unpaired) electrons. The van der Waals surface area contributed by atoms with Gasteiger partial charge in [0.1, 0.15) is 24.5 Å². The van der Waals surface area contributed by atoms with Crippen LogP contribution in [0.4, 0.5) is 0 Å². The predicted molar refractivity (Wildman–Crippen MR) is 98.8 cm³/mol. The van der Waals surface area contributed by atoms with Crippen LogP contribution < -0.4 is 10.6 Å². The quantitative estimate of drug-likeness (QED) is 0.550. The second kappa shape index (κ2) is 9.38. The summed E-state index contributed by atoms with van der Waals surface area (Å²) in [7, 11) is 0. The van der Waals surface area contributed by atoms with E-state index in [1.54, 1.807) is 12.6 Å². The molecule has 8 nitrogen and oxygen atoms in total. The van der Waals surface area contributed by atoms with E-state index in [-0.39, 0.29) is 12.1 Å². The van der Waals surface area contributed by atoms with Crippen LogP contribution in [0.3, 0.4) is 0 Å². The molecule has 142 valence electrons. The molecule has 1 aliphatic heterocycles. The number of hydrogen-bond acceptors (Lipinski definition) is 5. The number of hydrogen-bond donors (Lipinski definition) is 2. The van der Waals surface area contributed by atoms with Crippen molar-refractivity contribution in [2.24, 2.45) is 4.99 Å². The van der Waals surface area contributed by atoms with Crippen molar-refractivity contribution < 1.29 is 9.15 Å². The van der Waals surface area contributed by atoms with E-state index in [1.165, 1.54) is 0 Å². The molecule has 8 heteroatoms. The SMILES string of the molecule is CCc1nncn1CCNC(=NCc1ccco1)NC(C)C1CCCO1. The van der Waals surface area contributed by atoms with Gasteiger partial charge in [0.2, 0.25) is 0 Å². The third kappa shape index (κ3) is 5.08. The highest BCUT2D eigenvalue weighted by atomic mass is 16.5. The number of ether oxygens (including phenoxy) is 1. The predicted octanol–water partition coefficient (Wildman–Crippen LogP) is 1.74. The van der Waals surface area contributed by atoms with E-state index >= 15 is 0 Å². The number of aliphatic imine (C=N–C) groups is 1. The summed E-state index contributed by atoms with van der Waals surface area (Å²) in [4.78, 5) is 4.64. The van der Waals surface area contributed by atoms with Crippen LogP contribution in [0, 0.1) is 0 Å². The summed E-state index contributed by atoms with van der Waals surface area (Å²) in [5.41, 5.74) is 0. The van der Waals surface area contributed by atoms with Gasteiger partial charge >= 0.3 is 0 Å². The first-order valence-corrected chi connectivity index (χ1v) is 9.31. The van der Waals surface area contributed by atoms with Crippen LogP contribution in [0.25, 0.3) is 0 Å². The van der Waals surface area contributed by atoms with E-state index in [0.29, 0.717) is 6.54 Å². The van der Waals surface area contributed by atoms with Gasteiger partial charge in [-0.1, -0.05) is 6.92 Å². The number of rotatable bonds is 8. The van der Waals surface area contributed by atoms with Crippen LogP contribution >= 0.6 is 0 Å². The first-order chi connectivity index (χ1) is 12.8. The van der Waals surface area contributed by atoms with E-state index in [9.17, 15) is 0 Å². The topological polar surface area (TPSA) is 89.5 Å². The summed E-state index contributed by atoms with van der Waals surface area (Å²) in [5, 5.41) is 14.9. The Balaban J connectivity index is 1.57. The average molecular weight is 360 g/mol. The molecule has 0 amide bonds. The molecule has 0 saturated carbocycles. The van der Waals surface area contributed by atoms with Gasteiger partial charge in [0.15, 0.2) is 5.96 Å². The maximum absolute atomic E-state index is 5.78. The smallest absolute Gasteiger partial charge is 0.192 e. The van der Waals surface area contributed by atoms with Crippen molar-refractivity contribution in [2.45, 2.75) is 58.3 Å². The molecule has 3 rings (SSSR count). The summed E-state index contributed by atoms with van der Waals surface area (Å²) < 4.78 is 13.2. The standard InChI is InChI=1S/C18H28N6O2/c1-3-17-23-21-13-24(17)9-8-19-18(20-12-15-6-4-10-25-15)22-14(2)16-7-5-11-26-16/h4,6,10,13-14,16H,3,5,7-9,11-12H2,1-2H3,(H2,19,20,22). The monoisotopic (exact) mass is 360 g/mol. The molecule has 2 aromatic heterocycles. The van der Waals surface area contributed by atoms with Crippen molar-refractivity contribution >= 4 is 5.96 Å². The van der Waals surface area contributed by atoms with Gasteiger partial charge in [-0.15, -0.1) is 10.2 Å². The fraction of sp³-hybridized carbons (Fsp3) is 0.611. The summed E-state index contributed by atoms with van der Waals surface area (Å²) >= 11 is 0. The zero-order valence-corrected chi connectivity index (χ0v) is 15.5. The van der Waals surface area contributed by atoms with E-state index in [0.717, 1.165) is 56.5 Å². The van der Waals surface area contributed by atoms with Crippen molar-refractivity contribution in [3.63, 3.8) is 0 Å². The molecule has 1 aliphatic rings. The molecule has 1 saturated heterocycles. The minimum Gasteiger partial charge on any atom is -0.467 e. The molecule has 0 bridgehead atoms. The van der Waals surface area contributed by atoms with Crippen LogP contribution in [0.5, 0.6) is 0 Å². The van der Waals surface area contributed by atoms with E-state index in [1.807, 2.05) is 12.1 Å². The molecule has 2 aromatic rings. The molecule has 0 spiro atoms. The first kappa shape index (κ1) is 18.4. The van der Waals surface area contributed by atoms with E-state index < -0.39 is 0 Å². The van der Waals surface area contributed by atoms with Gasteiger partial charge in [-0.05, 0) is 31.9 Å². The number of furan rings is 1. The molecule has 2 atom stereocenters. The fourth-order valence-electron chi connectivity index (χ4n) is 3.05. The summed E-state index contributed by atoms with van der Waals surface area (Å²) in [6, 6.07) is 4.00. The molecular weight excluding hydrogens is 332 g/mol. The maximum atomic E-state index is 5.78. The molecule has 2 N–H and O–H groups in total. The van der Waals surface area contributed by atoms with Crippen LogP contribution in [-0.4, -0.2) is 46.0 Å². The van der Waals surface area contributed by atoms with E-state index in [2.05, 4.69) is 44.2 Å². The Morgan fingerprint density at radius 3 is 3.15 bits per heavy atom. The second-order valence-electron chi connectivity index (χ2n) is 6.45. The normalized spacial score (nSPS) is 18.8. The summed E-state index contributed by atoms with van der Waals surface area (Å²) in [6.45, 7) is 7.06. The van der Waals surface area contributed by atoms with Crippen LogP contribution in [-0.2, 0) is 24.2 Å². The molecule has 26 heavy (non-hydrogen) atoms. The first-order valence-electron chi connectivity index (χ1n) is 9.31. The number of guanidine groups is 1. The Morgan fingerprint density at radius 1 is 1.50 bits per heavy atom. The van der Waals surface area contributed by atoms with Crippen LogP contribution in [0.15, 0.2) is 34.1 Å². The van der Waals surface area contributed by atoms with Crippen molar-refractivity contribution in [2.75, 3.05) is 13.2 Å². The molecule has 1 fully saturated rings. The highest BCUT2D eigenvalue weighted by Gasteiger charge is 2.23. The highest BCUT2D eigenvalue weighted by molar-refractivity contribution is 5.80. The minimum absolute atomic E-state index is 0.196. The Kier molecular flexibility index (Phi) is 6.65. The molecular formula is C18H28N6O2. The average Bonchev–Trinajstić information content (AvgIpc) is 3.41. The largest absolute Gasteiger partial charge is 0.467 e. The van der Waals surface area contributed by atoms with Gasteiger partial charge in [0.05, 0.1) is 18.4 Å². The third-order valence-electron chi connectivity index (χ3n) is 4.52. The van der Waals surface area contributed by atoms with Gasteiger partial charge in [0, 0.05) is 26.1 Å². The molecule has 3 heterocycles. The van der Waals surface area contributed by atoms with Gasteiger partial charge in [-0.2, -0.15) is 0 Å². The van der Waals surface area contributed by atoms with Crippen molar-refractivity contribution in [1.29, 1.82) is 0 Å². The lowest BCUT2D eigenvalue weighted by atomic mass is 10.1. The lowest BCUT2D eigenvalue weighted by molar-refractivity contribution is 0.0890. The van der Waals surface area contributed by atoms with Crippen LogP contribution in [0.1, 0.15) is 38.3 Å². The van der Waals surface area contributed by atoms with Crippen molar-refractivity contribution in [1.82, 2.24) is 25.4 Å². The maximum Gasteiger partial charge on any atom is 0.192 e. The summed E-state index contributed by atoms with van der Waals surface area (Å²) in [5.74, 6) is 2.58. The Bertz CT molecular complexity index is 676. The zero-order valence-electron chi connectivity index (χ0n) is 15.5. The Morgan fingerprint density at radius 2 is 2.42 bits per heavy atom. The second-order valence-corrected chi connectivity index (χ2v) is 6.45. The van der Waals surface area contributed by atoms with E-state index in [4.69, 9.17) is 9.15 Å². The van der Waals surface area contributed by atoms with Gasteiger partial charge < -0.3 is 24.4 Å². The highest BCUT2D eigenvalue weighted by Crippen LogP contribution is 2.15. The lowest BCUT2D eigenvalue weighted by Gasteiger charge is -2.23. The number of aryl methyl sites for hydroxylation is 1. The van der Waals surface area contributed by atoms with Crippen molar-refractivity contribution in [3.05, 3.63) is 36.3 Å². The Hall–Kier alpha value is -2.35. The van der Waals surface area contributed by atoms with Crippen molar-refractivity contribution in [3.8, 4) is 0 Å². The van der Waals surface area contributed by atoms with Gasteiger partial charge in [-0.3, -0.25) is 0 Å². The van der Waals surface area contributed by atoms with Gasteiger partial charge in [0.25, 0.3) is 0 Å². The molecule has 0 aromatic carbocycles. The molecule has 2 unspecified atom stereocenters. The fourth-order valence-corrected chi connectivity index (χ4v) is 3.05. The lowest BCUT2D eigenvalue weighted by Crippen LogP contribution is -2.47. The molecule has 0 aliphatic carbocycles. The third-order valence-corrected chi connectivity index (χ3v) is 4.52. The number of nitrogens with one attached hydrogen (secondary N) is 2.